The lowest BCUT2D eigenvalue weighted by atomic mass is 10.0. The molecule has 3 nitrogen and oxygen atoms in total. The zero-order chi connectivity index (χ0) is 11.1. The van der Waals surface area contributed by atoms with E-state index in [0.717, 1.165) is 6.42 Å². The second kappa shape index (κ2) is 6.44. The lowest BCUT2D eigenvalue weighted by Gasteiger charge is -2.26. The first-order chi connectivity index (χ1) is 6.47. The van der Waals surface area contributed by atoms with Crippen molar-refractivity contribution < 1.29 is 9.90 Å². The average Bonchev–Trinajstić information content (AvgIpc) is 2.01. The van der Waals surface area contributed by atoms with Gasteiger partial charge in [-0.15, -0.1) is 6.42 Å². The molecule has 0 aliphatic rings. The summed E-state index contributed by atoms with van der Waals surface area (Å²) >= 11 is 0. The maximum atomic E-state index is 10.6. The molecule has 0 rings (SSSR count). The number of aliphatic carboxylic acids is 1. The topological polar surface area (TPSA) is 40.5 Å². The van der Waals surface area contributed by atoms with Crippen molar-refractivity contribution in [2.45, 2.75) is 33.2 Å². The lowest BCUT2D eigenvalue weighted by Crippen LogP contribution is -2.38. The zero-order valence-corrected chi connectivity index (χ0v) is 9.16. The van der Waals surface area contributed by atoms with Gasteiger partial charge in [0.1, 0.15) is 0 Å². The minimum atomic E-state index is -0.823. The highest BCUT2D eigenvalue weighted by atomic mass is 16.4. The van der Waals surface area contributed by atoms with Crippen molar-refractivity contribution in [3.8, 4) is 12.3 Å². The molecule has 1 N–H and O–H groups in total. The number of nitrogens with zero attached hydrogens (tertiary/aromatic N) is 1. The van der Waals surface area contributed by atoms with Gasteiger partial charge in [0.25, 0.3) is 0 Å². The molecule has 0 fully saturated rings. The Kier molecular flexibility index (Phi) is 5.98. The van der Waals surface area contributed by atoms with Gasteiger partial charge in [0.15, 0.2) is 0 Å². The van der Waals surface area contributed by atoms with E-state index in [1.807, 2.05) is 11.8 Å². The molecule has 1 atom stereocenters. The van der Waals surface area contributed by atoms with Gasteiger partial charge >= 0.3 is 5.97 Å². The summed E-state index contributed by atoms with van der Waals surface area (Å²) in [4.78, 5) is 12.4. The molecule has 0 aliphatic heterocycles. The van der Waals surface area contributed by atoms with E-state index in [2.05, 4.69) is 19.8 Å². The van der Waals surface area contributed by atoms with Crippen molar-refractivity contribution >= 4 is 5.97 Å². The van der Waals surface area contributed by atoms with Gasteiger partial charge in [0, 0.05) is 6.04 Å². The predicted octanol–water partition coefficient (Wildman–Crippen LogP) is 1.44. The van der Waals surface area contributed by atoms with E-state index in [0.29, 0.717) is 12.5 Å². The van der Waals surface area contributed by atoms with Crippen molar-refractivity contribution in [3.05, 3.63) is 0 Å². The molecule has 0 aromatic rings. The van der Waals surface area contributed by atoms with Crippen LogP contribution in [0, 0.1) is 18.3 Å². The van der Waals surface area contributed by atoms with E-state index < -0.39 is 5.97 Å². The highest BCUT2D eigenvalue weighted by Crippen LogP contribution is 2.10. The van der Waals surface area contributed by atoms with Crippen LogP contribution in [0.15, 0.2) is 0 Å². The number of carbonyl (C=O) groups is 1. The first-order valence-electron chi connectivity index (χ1n) is 4.86. The molecule has 0 radical (unpaired) electrons. The smallest absolute Gasteiger partial charge is 0.317 e. The van der Waals surface area contributed by atoms with Gasteiger partial charge < -0.3 is 5.11 Å². The van der Waals surface area contributed by atoms with Crippen LogP contribution in [0.3, 0.4) is 0 Å². The quantitative estimate of drug-likeness (QED) is 0.655. The van der Waals surface area contributed by atoms with Crippen LogP contribution >= 0.6 is 0 Å². The molecule has 14 heavy (non-hydrogen) atoms. The molecule has 0 saturated heterocycles. The number of rotatable bonds is 6. The molecule has 0 bridgehead atoms. The molecule has 0 aromatic carbocycles. The number of carboxylic acids is 1. The maximum absolute atomic E-state index is 10.6. The van der Waals surface area contributed by atoms with Crippen LogP contribution in [0.1, 0.15) is 27.2 Å². The Balaban J connectivity index is 4.18. The van der Waals surface area contributed by atoms with Crippen LogP contribution in [-0.4, -0.2) is 35.1 Å². The van der Waals surface area contributed by atoms with Gasteiger partial charge in [0.05, 0.1) is 13.1 Å². The van der Waals surface area contributed by atoms with Crippen molar-refractivity contribution in [3.63, 3.8) is 0 Å². The first kappa shape index (κ1) is 13.0. The predicted molar refractivity (Wildman–Crippen MR) is 57.0 cm³/mol. The minimum absolute atomic E-state index is 0.0259. The van der Waals surface area contributed by atoms with Crippen molar-refractivity contribution in [2.24, 2.45) is 5.92 Å². The standard InChI is InChI=1S/C11H19NO2/c1-5-6-12(8-11(13)14)10(4)7-9(2)3/h1,9-10H,6-8H2,2-4H3,(H,13,14). The third-order valence-electron chi connectivity index (χ3n) is 2.07. The van der Waals surface area contributed by atoms with Gasteiger partial charge in [0.2, 0.25) is 0 Å². The zero-order valence-electron chi connectivity index (χ0n) is 9.16. The molecular formula is C11H19NO2. The second-order valence-corrected chi connectivity index (χ2v) is 3.98. The van der Waals surface area contributed by atoms with Crippen LogP contribution in [-0.2, 0) is 4.79 Å². The van der Waals surface area contributed by atoms with Gasteiger partial charge in [-0.3, -0.25) is 9.69 Å². The molecule has 3 heteroatoms. The minimum Gasteiger partial charge on any atom is -0.480 e. The summed E-state index contributed by atoms with van der Waals surface area (Å²) in [5.74, 6) is 2.22. The average molecular weight is 197 g/mol. The third kappa shape index (κ3) is 5.60. The number of hydrogen-bond donors (Lipinski definition) is 1. The molecular weight excluding hydrogens is 178 g/mol. The SMILES string of the molecule is C#CCN(CC(=O)O)C(C)CC(C)C. The maximum Gasteiger partial charge on any atom is 0.317 e. The Morgan fingerprint density at radius 1 is 1.50 bits per heavy atom. The summed E-state index contributed by atoms with van der Waals surface area (Å²) in [5.41, 5.74) is 0. The summed E-state index contributed by atoms with van der Waals surface area (Å²) < 4.78 is 0. The molecule has 0 amide bonds. The lowest BCUT2D eigenvalue weighted by molar-refractivity contribution is -0.138. The monoisotopic (exact) mass is 197 g/mol. The first-order valence-corrected chi connectivity index (χ1v) is 4.86. The molecule has 1 unspecified atom stereocenters. The van der Waals surface area contributed by atoms with E-state index in [1.54, 1.807) is 0 Å². The van der Waals surface area contributed by atoms with Crippen molar-refractivity contribution in [2.75, 3.05) is 13.1 Å². The van der Waals surface area contributed by atoms with E-state index >= 15 is 0 Å². The normalized spacial score (nSPS) is 12.9. The second-order valence-electron chi connectivity index (χ2n) is 3.98. The molecule has 80 valence electrons. The summed E-state index contributed by atoms with van der Waals surface area (Å²) in [6.07, 6.45) is 6.16. The largest absolute Gasteiger partial charge is 0.480 e. The number of carboxylic acid groups (broad SMARTS) is 1. The van der Waals surface area contributed by atoms with Crippen LogP contribution < -0.4 is 0 Å². The summed E-state index contributed by atoms with van der Waals surface area (Å²) in [5, 5.41) is 8.68. The van der Waals surface area contributed by atoms with Crippen LogP contribution in [0.4, 0.5) is 0 Å². The van der Waals surface area contributed by atoms with Gasteiger partial charge in [-0.25, -0.2) is 0 Å². The third-order valence-corrected chi connectivity index (χ3v) is 2.07. The Morgan fingerprint density at radius 3 is 2.43 bits per heavy atom. The highest BCUT2D eigenvalue weighted by Gasteiger charge is 2.16. The molecule has 0 spiro atoms. The fourth-order valence-corrected chi connectivity index (χ4v) is 1.49. The van der Waals surface area contributed by atoms with E-state index in [-0.39, 0.29) is 12.6 Å². The van der Waals surface area contributed by atoms with Crippen molar-refractivity contribution in [1.82, 2.24) is 4.90 Å². The molecule has 0 saturated carbocycles. The van der Waals surface area contributed by atoms with Gasteiger partial charge in [-0.2, -0.15) is 0 Å². The number of terminal acetylenes is 1. The molecule has 0 aromatic heterocycles. The van der Waals surface area contributed by atoms with Gasteiger partial charge in [-0.1, -0.05) is 19.8 Å². The fraction of sp³-hybridized carbons (Fsp3) is 0.727. The Bertz CT molecular complexity index is 218. The molecule has 0 heterocycles. The fourth-order valence-electron chi connectivity index (χ4n) is 1.49. The number of hydrogen-bond acceptors (Lipinski definition) is 2. The van der Waals surface area contributed by atoms with Crippen LogP contribution in [0.5, 0.6) is 0 Å². The van der Waals surface area contributed by atoms with E-state index in [9.17, 15) is 4.79 Å². The highest BCUT2D eigenvalue weighted by molar-refractivity contribution is 5.69. The van der Waals surface area contributed by atoms with Crippen LogP contribution in [0.2, 0.25) is 0 Å². The van der Waals surface area contributed by atoms with Crippen LogP contribution in [0.25, 0.3) is 0 Å². The van der Waals surface area contributed by atoms with Gasteiger partial charge in [-0.05, 0) is 19.3 Å². The Morgan fingerprint density at radius 2 is 2.07 bits per heavy atom. The Labute approximate surface area is 86.1 Å². The van der Waals surface area contributed by atoms with E-state index in [1.165, 1.54) is 0 Å². The summed E-state index contributed by atoms with van der Waals surface area (Å²) in [6.45, 7) is 6.68. The molecule has 0 aliphatic carbocycles. The van der Waals surface area contributed by atoms with E-state index in [4.69, 9.17) is 11.5 Å². The van der Waals surface area contributed by atoms with Crippen molar-refractivity contribution in [1.29, 1.82) is 0 Å². The summed E-state index contributed by atoms with van der Waals surface area (Å²) in [6, 6.07) is 0.224. The Hall–Kier alpha value is -1.01. The summed E-state index contributed by atoms with van der Waals surface area (Å²) in [7, 11) is 0.